The van der Waals surface area contributed by atoms with Gasteiger partial charge in [0, 0.05) is 18.6 Å². The van der Waals surface area contributed by atoms with Gasteiger partial charge in [0.25, 0.3) is 0 Å². The summed E-state index contributed by atoms with van der Waals surface area (Å²) in [5.41, 5.74) is 1.49. The first kappa shape index (κ1) is 12.2. The minimum atomic E-state index is 0.864. The van der Waals surface area contributed by atoms with Crippen molar-refractivity contribution in [2.45, 2.75) is 64.1 Å². The predicted molar refractivity (Wildman–Crippen MR) is 76.4 cm³/mol. The van der Waals surface area contributed by atoms with E-state index in [4.69, 9.17) is 0 Å². The fourth-order valence-electron chi connectivity index (χ4n) is 3.98. The molecule has 0 spiro atoms. The molecule has 1 nitrogen and oxygen atoms in total. The molecule has 2 aliphatic heterocycles. The van der Waals surface area contributed by atoms with Crippen LogP contribution in [-0.4, -0.2) is 17.0 Å². The molecule has 2 unspecified atom stereocenters. The Morgan fingerprint density at radius 1 is 1.06 bits per heavy atom. The highest BCUT2D eigenvalue weighted by atomic mass is 15.2. The van der Waals surface area contributed by atoms with Crippen molar-refractivity contribution in [2.75, 3.05) is 0 Å². The summed E-state index contributed by atoms with van der Waals surface area (Å²) in [4.78, 5) is 2.81. The quantitative estimate of drug-likeness (QED) is 0.768. The first-order chi connectivity index (χ1) is 8.86. The van der Waals surface area contributed by atoms with E-state index in [1.165, 1.54) is 50.6 Å². The molecule has 1 aromatic rings. The van der Waals surface area contributed by atoms with E-state index < -0.39 is 0 Å². The molecular formula is C17H25N. The third kappa shape index (κ3) is 2.47. The summed E-state index contributed by atoms with van der Waals surface area (Å²) in [7, 11) is 0. The zero-order valence-corrected chi connectivity index (χ0v) is 11.5. The van der Waals surface area contributed by atoms with Crippen molar-refractivity contribution < 1.29 is 0 Å². The Balaban J connectivity index is 1.72. The highest BCUT2D eigenvalue weighted by molar-refractivity contribution is 5.15. The lowest BCUT2D eigenvalue weighted by Crippen LogP contribution is -2.51. The van der Waals surface area contributed by atoms with E-state index in [1.807, 2.05) is 0 Å². The SMILES string of the molecule is CCC1CC2CCCC(C1)N2Cc1ccccc1. The zero-order valence-electron chi connectivity index (χ0n) is 11.5. The van der Waals surface area contributed by atoms with Gasteiger partial charge in [-0.3, -0.25) is 4.90 Å². The predicted octanol–water partition coefficient (Wildman–Crippen LogP) is 4.23. The molecule has 2 fully saturated rings. The molecule has 2 aliphatic rings. The molecule has 2 heterocycles. The standard InChI is InChI=1S/C17H25N/c1-2-14-11-16-9-6-10-17(12-14)18(16)13-15-7-4-3-5-8-15/h3-5,7-8,14,16-17H,2,6,9-13H2,1H3. The van der Waals surface area contributed by atoms with Crippen molar-refractivity contribution >= 4 is 0 Å². The van der Waals surface area contributed by atoms with Crippen molar-refractivity contribution in [3.63, 3.8) is 0 Å². The Labute approximate surface area is 111 Å². The lowest BCUT2D eigenvalue weighted by molar-refractivity contribution is 0.00605. The van der Waals surface area contributed by atoms with E-state index in [9.17, 15) is 0 Å². The molecule has 2 atom stereocenters. The molecule has 3 rings (SSSR count). The van der Waals surface area contributed by atoms with Crippen molar-refractivity contribution in [2.24, 2.45) is 5.92 Å². The molecule has 0 amide bonds. The maximum Gasteiger partial charge on any atom is 0.0239 e. The van der Waals surface area contributed by atoms with Crippen molar-refractivity contribution in [1.29, 1.82) is 0 Å². The van der Waals surface area contributed by atoms with Crippen molar-refractivity contribution in [1.82, 2.24) is 4.90 Å². The summed E-state index contributed by atoms with van der Waals surface area (Å²) in [6, 6.07) is 12.7. The Hall–Kier alpha value is -0.820. The van der Waals surface area contributed by atoms with Crippen LogP contribution in [0.15, 0.2) is 30.3 Å². The van der Waals surface area contributed by atoms with Gasteiger partial charge in [0.2, 0.25) is 0 Å². The van der Waals surface area contributed by atoms with E-state index in [-0.39, 0.29) is 0 Å². The van der Waals surface area contributed by atoms with Crippen LogP contribution in [-0.2, 0) is 6.54 Å². The average molecular weight is 243 g/mol. The van der Waals surface area contributed by atoms with Crippen LogP contribution in [0.3, 0.4) is 0 Å². The van der Waals surface area contributed by atoms with Crippen molar-refractivity contribution in [3.8, 4) is 0 Å². The van der Waals surface area contributed by atoms with Crippen LogP contribution in [0.25, 0.3) is 0 Å². The minimum absolute atomic E-state index is 0.864. The van der Waals surface area contributed by atoms with Crippen LogP contribution < -0.4 is 0 Å². The monoisotopic (exact) mass is 243 g/mol. The number of piperidine rings is 2. The van der Waals surface area contributed by atoms with E-state index in [2.05, 4.69) is 42.2 Å². The number of benzene rings is 1. The second kappa shape index (κ2) is 5.44. The van der Waals surface area contributed by atoms with Gasteiger partial charge in [0.05, 0.1) is 0 Å². The fraction of sp³-hybridized carbons (Fsp3) is 0.647. The van der Waals surface area contributed by atoms with Gasteiger partial charge in [0.1, 0.15) is 0 Å². The van der Waals surface area contributed by atoms with Gasteiger partial charge < -0.3 is 0 Å². The Morgan fingerprint density at radius 2 is 1.72 bits per heavy atom. The normalized spacial score (nSPS) is 32.4. The van der Waals surface area contributed by atoms with Crippen LogP contribution in [0.4, 0.5) is 0 Å². The van der Waals surface area contributed by atoms with Crippen LogP contribution in [0.1, 0.15) is 51.0 Å². The smallest absolute Gasteiger partial charge is 0.0239 e. The van der Waals surface area contributed by atoms with E-state index in [0.717, 1.165) is 18.0 Å². The van der Waals surface area contributed by atoms with Gasteiger partial charge in [-0.25, -0.2) is 0 Å². The molecule has 0 radical (unpaired) electrons. The highest BCUT2D eigenvalue weighted by Gasteiger charge is 2.37. The van der Waals surface area contributed by atoms with Crippen LogP contribution in [0.5, 0.6) is 0 Å². The first-order valence-corrected chi connectivity index (χ1v) is 7.66. The Kier molecular flexibility index (Phi) is 3.69. The second-order valence-corrected chi connectivity index (χ2v) is 6.14. The number of fused-ring (bicyclic) bond motifs is 2. The molecule has 2 saturated heterocycles. The summed E-state index contributed by atoms with van der Waals surface area (Å²) in [5.74, 6) is 0.993. The summed E-state index contributed by atoms with van der Waals surface area (Å²) in [6.07, 6.45) is 8.59. The maximum atomic E-state index is 2.81. The van der Waals surface area contributed by atoms with Crippen molar-refractivity contribution in [3.05, 3.63) is 35.9 Å². The summed E-state index contributed by atoms with van der Waals surface area (Å²) in [6.45, 7) is 3.54. The molecule has 18 heavy (non-hydrogen) atoms. The molecule has 0 N–H and O–H groups in total. The van der Waals surface area contributed by atoms with Crippen LogP contribution >= 0.6 is 0 Å². The van der Waals surface area contributed by atoms with Gasteiger partial charge >= 0.3 is 0 Å². The number of hydrogen-bond donors (Lipinski definition) is 0. The first-order valence-electron chi connectivity index (χ1n) is 7.66. The summed E-state index contributed by atoms with van der Waals surface area (Å²) in [5, 5.41) is 0. The maximum absolute atomic E-state index is 2.81. The summed E-state index contributed by atoms with van der Waals surface area (Å²) < 4.78 is 0. The van der Waals surface area contributed by atoms with E-state index in [1.54, 1.807) is 0 Å². The van der Waals surface area contributed by atoms with Gasteiger partial charge in [-0.2, -0.15) is 0 Å². The second-order valence-electron chi connectivity index (χ2n) is 6.14. The number of hydrogen-bond acceptors (Lipinski definition) is 1. The van der Waals surface area contributed by atoms with E-state index in [0.29, 0.717) is 0 Å². The summed E-state index contributed by atoms with van der Waals surface area (Å²) >= 11 is 0. The molecule has 0 aliphatic carbocycles. The molecule has 0 saturated carbocycles. The number of nitrogens with zero attached hydrogens (tertiary/aromatic N) is 1. The third-order valence-electron chi connectivity index (χ3n) is 5.01. The highest BCUT2D eigenvalue weighted by Crippen LogP contribution is 2.38. The van der Waals surface area contributed by atoms with Crippen LogP contribution in [0.2, 0.25) is 0 Å². The third-order valence-corrected chi connectivity index (χ3v) is 5.01. The molecule has 98 valence electrons. The average Bonchev–Trinajstić information content (AvgIpc) is 2.39. The minimum Gasteiger partial charge on any atom is -0.293 e. The van der Waals surface area contributed by atoms with Crippen LogP contribution in [0, 0.1) is 5.92 Å². The number of rotatable bonds is 3. The lowest BCUT2D eigenvalue weighted by Gasteiger charge is -2.49. The van der Waals surface area contributed by atoms with Gasteiger partial charge in [-0.1, -0.05) is 50.1 Å². The Bertz CT molecular complexity index is 358. The van der Waals surface area contributed by atoms with E-state index >= 15 is 0 Å². The lowest BCUT2D eigenvalue weighted by atomic mass is 9.77. The molecule has 2 bridgehead atoms. The Morgan fingerprint density at radius 3 is 2.33 bits per heavy atom. The van der Waals surface area contributed by atoms with Gasteiger partial charge in [-0.05, 0) is 37.2 Å². The zero-order chi connectivity index (χ0) is 12.4. The van der Waals surface area contributed by atoms with Gasteiger partial charge in [-0.15, -0.1) is 0 Å². The fourth-order valence-corrected chi connectivity index (χ4v) is 3.98. The topological polar surface area (TPSA) is 3.24 Å². The molecule has 1 aromatic carbocycles. The largest absolute Gasteiger partial charge is 0.293 e. The van der Waals surface area contributed by atoms with Gasteiger partial charge in [0.15, 0.2) is 0 Å². The molecule has 1 heteroatoms. The molecular weight excluding hydrogens is 218 g/mol. The molecule has 0 aromatic heterocycles.